The van der Waals surface area contributed by atoms with Crippen LogP contribution < -0.4 is 14.4 Å². The fraction of sp³-hybridized carbons (Fsp3) is 0.233. The van der Waals surface area contributed by atoms with E-state index in [1.165, 1.54) is 4.90 Å². The maximum atomic E-state index is 13.4. The zero-order valence-corrected chi connectivity index (χ0v) is 20.6. The van der Waals surface area contributed by atoms with Crippen molar-refractivity contribution < 1.29 is 24.2 Å². The molecule has 0 radical (unpaired) electrons. The summed E-state index contributed by atoms with van der Waals surface area (Å²) >= 11 is 0. The number of hydrogen-bond acceptors (Lipinski definition) is 6. The van der Waals surface area contributed by atoms with Crippen LogP contribution in [0, 0.1) is 11.3 Å². The molecule has 3 aromatic rings. The van der Waals surface area contributed by atoms with Gasteiger partial charge in [-0.2, -0.15) is 5.26 Å². The molecule has 1 atom stereocenters. The number of ether oxygens (including phenoxy) is 2. The van der Waals surface area contributed by atoms with E-state index >= 15 is 0 Å². The molecule has 1 fully saturated rings. The summed E-state index contributed by atoms with van der Waals surface area (Å²) in [5, 5.41) is 20.6. The quantitative estimate of drug-likeness (QED) is 0.294. The average molecular weight is 495 g/mol. The Bertz CT molecular complexity index is 1430. The number of benzene rings is 3. The van der Waals surface area contributed by atoms with Gasteiger partial charge in [-0.15, -0.1) is 0 Å². The molecule has 1 amide bonds. The van der Waals surface area contributed by atoms with Gasteiger partial charge in [0, 0.05) is 11.3 Å². The molecule has 2 heterocycles. The molecule has 1 unspecified atom stereocenters. The molecule has 0 spiro atoms. The number of carbonyl (C=O) groups excluding carboxylic acids is 2. The Hall–Kier alpha value is -4.57. The molecule has 3 aromatic carbocycles. The van der Waals surface area contributed by atoms with Gasteiger partial charge in [0.1, 0.15) is 17.3 Å². The highest BCUT2D eigenvalue weighted by Crippen LogP contribution is 2.43. The molecule has 7 nitrogen and oxygen atoms in total. The zero-order chi connectivity index (χ0) is 26.1. The molecular formula is C30H26N2O5. The summed E-state index contributed by atoms with van der Waals surface area (Å²) in [6, 6.07) is 20.1. The molecule has 0 aromatic heterocycles. The summed E-state index contributed by atoms with van der Waals surface area (Å²) in [6.45, 7) is 4.50. The summed E-state index contributed by atoms with van der Waals surface area (Å²) in [7, 11) is 0. The van der Waals surface area contributed by atoms with Gasteiger partial charge in [-0.05, 0) is 92.4 Å². The molecule has 2 aliphatic rings. The van der Waals surface area contributed by atoms with E-state index in [0.29, 0.717) is 34.7 Å². The Morgan fingerprint density at radius 2 is 1.81 bits per heavy atom. The van der Waals surface area contributed by atoms with Crippen molar-refractivity contribution in [3.05, 3.63) is 94.6 Å². The van der Waals surface area contributed by atoms with E-state index in [0.717, 1.165) is 24.2 Å². The highest BCUT2D eigenvalue weighted by molar-refractivity contribution is 6.51. The number of carbonyl (C=O) groups is 2. The van der Waals surface area contributed by atoms with Crippen LogP contribution in [0.2, 0.25) is 0 Å². The number of rotatable bonds is 5. The van der Waals surface area contributed by atoms with Gasteiger partial charge in [-0.1, -0.05) is 12.1 Å². The predicted molar refractivity (Wildman–Crippen MR) is 138 cm³/mol. The van der Waals surface area contributed by atoms with Crippen LogP contribution in [0.3, 0.4) is 0 Å². The highest BCUT2D eigenvalue weighted by atomic mass is 16.5. The lowest BCUT2D eigenvalue weighted by Gasteiger charge is -2.26. The van der Waals surface area contributed by atoms with Gasteiger partial charge < -0.3 is 14.6 Å². The normalized spacial score (nSPS) is 18.3. The van der Waals surface area contributed by atoms with Crippen molar-refractivity contribution in [2.24, 2.45) is 0 Å². The maximum Gasteiger partial charge on any atom is 0.300 e. The van der Waals surface area contributed by atoms with E-state index in [4.69, 9.17) is 9.47 Å². The topological polar surface area (TPSA) is 99.9 Å². The molecule has 0 aliphatic carbocycles. The maximum absolute atomic E-state index is 13.4. The number of aliphatic hydroxyl groups excluding tert-OH is 1. The lowest BCUT2D eigenvalue weighted by atomic mass is 9.93. The molecule has 1 N–H and O–H groups in total. The number of ketones is 1. The number of aliphatic hydroxyl groups is 1. The number of anilines is 1. The summed E-state index contributed by atoms with van der Waals surface area (Å²) in [6.07, 6.45) is 1.66. The Balaban J connectivity index is 1.65. The summed E-state index contributed by atoms with van der Waals surface area (Å²) in [4.78, 5) is 28.1. The minimum atomic E-state index is -0.867. The number of fused-ring (bicyclic) bond motifs is 1. The molecule has 37 heavy (non-hydrogen) atoms. The zero-order valence-electron chi connectivity index (χ0n) is 20.6. The second-order valence-corrected chi connectivity index (χ2v) is 9.34. The number of aryl methyl sites for hydroxylation is 1. The molecule has 0 saturated carbocycles. The third kappa shape index (κ3) is 4.54. The van der Waals surface area contributed by atoms with Crippen LogP contribution in [0.5, 0.6) is 11.5 Å². The number of nitriles is 1. The predicted octanol–water partition coefficient (Wildman–Crippen LogP) is 5.30. The van der Waals surface area contributed by atoms with Crippen LogP contribution in [0.25, 0.3) is 5.76 Å². The van der Waals surface area contributed by atoms with Gasteiger partial charge in [0.15, 0.2) is 0 Å². The summed E-state index contributed by atoms with van der Waals surface area (Å²) in [5.74, 6) is -0.347. The first-order valence-corrected chi connectivity index (χ1v) is 12.2. The van der Waals surface area contributed by atoms with Crippen LogP contribution in [0.1, 0.15) is 48.6 Å². The third-order valence-electron chi connectivity index (χ3n) is 6.47. The van der Waals surface area contributed by atoms with E-state index in [9.17, 15) is 20.0 Å². The van der Waals surface area contributed by atoms with E-state index < -0.39 is 17.7 Å². The van der Waals surface area contributed by atoms with E-state index in [1.54, 1.807) is 60.7 Å². The van der Waals surface area contributed by atoms with Gasteiger partial charge >= 0.3 is 0 Å². The number of hydrogen-bond donors (Lipinski definition) is 1. The standard InChI is InChI=1S/C30H26N2O5/c1-18(2)37-24-12-7-20(8-13-24)27-26(28(33)22-9-14-25-21(16-22)4-3-15-36-25)29(34)30(35)32(27)23-10-5-19(17-31)6-11-23/h5-14,16,18,27,33H,3-4,15H2,1-2H3/b28-26-. The fourth-order valence-corrected chi connectivity index (χ4v) is 4.77. The second kappa shape index (κ2) is 9.82. The Labute approximate surface area is 215 Å². The van der Waals surface area contributed by atoms with E-state index in [2.05, 4.69) is 6.07 Å². The lowest BCUT2D eigenvalue weighted by molar-refractivity contribution is -0.132. The Morgan fingerprint density at radius 1 is 1.08 bits per heavy atom. The first-order valence-electron chi connectivity index (χ1n) is 12.2. The minimum Gasteiger partial charge on any atom is -0.507 e. The van der Waals surface area contributed by atoms with Crippen molar-refractivity contribution in [1.29, 1.82) is 5.26 Å². The Morgan fingerprint density at radius 3 is 2.49 bits per heavy atom. The SMILES string of the molecule is CC(C)Oc1ccc(C2/C(=C(/O)c3ccc4c(c3)CCCO4)C(=O)C(=O)N2c2ccc(C#N)cc2)cc1. The molecule has 186 valence electrons. The number of amides is 1. The smallest absolute Gasteiger partial charge is 0.300 e. The van der Waals surface area contributed by atoms with Gasteiger partial charge in [-0.25, -0.2) is 0 Å². The van der Waals surface area contributed by atoms with Crippen molar-refractivity contribution in [3.63, 3.8) is 0 Å². The van der Waals surface area contributed by atoms with Crippen LogP contribution in [-0.2, 0) is 16.0 Å². The first kappa shape index (κ1) is 24.1. The lowest BCUT2D eigenvalue weighted by Crippen LogP contribution is -2.29. The van der Waals surface area contributed by atoms with E-state index in [1.807, 2.05) is 19.9 Å². The van der Waals surface area contributed by atoms with Crippen molar-refractivity contribution in [2.45, 2.75) is 38.8 Å². The number of Topliss-reactive ketones (excluding diaryl/α,β-unsaturated/α-hetero) is 1. The summed E-state index contributed by atoms with van der Waals surface area (Å²) in [5.41, 5.74) is 2.93. The highest BCUT2D eigenvalue weighted by Gasteiger charge is 2.47. The van der Waals surface area contributed by atoms with Crippen molar-refractivity contribution in [2.75, 3.05) is 11.5 Å². The van der Waals surface area contributed by atoms with Crippen LogP contribution in [0.4, 0.5) is 5.69 Å². The number of nitrogens with zero attached hydrogens (tertiary/aromatic N) is 2. The van der Waals surface area contributed by atoms with Crippen molar-refractivity contribution >= 4 is 23.1 Å². The Kier molecular flexibility index (Phi) is 6.41. The van der Waals surface area contributed by atoms with Crippen LogP contribution in [-0.4, -0.2) is 29.5 Å². The second-order valence-electron chi connectivity index (χ2n) is 9.34. The minimum absolute atomic E-state index is 0.00330. The molecule has 2 aliphatic heterocycles. The molecule has 7 heteroatoms. The van der Waals surface area contributed by atoms with Crippen molar-refractivity contribution in [3.8, 4) is 17.6 Å². The van der Waals surface area contributed by atoms with E-state index in [-0.39, 0.29) is 17.4 Å². The van der Waals surface area contributed by atoms with Crippen LogP contribution in [0.15, 0.2) is 72.3 Å². The third-order valence-corrected chi connectivity index (χ3v) is 6.47. The molecule has 1 saturated heterocycles. The molecule has 5 rings (SSSR count). The van der Waals surface area contributed by atoms with Gasteiger partial charge in [0.05, 0.1) is 36.0 Å². The average Bonchev–Trinajstić information content (AvgIpc) is 3.18. The first-order chi connectivity index (χ1) is 17.9. The summed E-state index contributed by atoms with van der Waals surface area (Å²) < 4.78 is 11.4. The van der Waals surface area contributed by atoms with Crippen LogP contribution >= 0.6 is 0 Å². The largest absolute Gasteiger partial charge is 0.507 e. The molecule has 0 bridgehead atoms. The molecular weight excluding hydrogens is 468 g/mol. The van der Waals surface area contributed by atoms with Gasteiger partial charge in [0.2, 0.25) is 0 Å². The monoisotopic (exact) mass is 494 g/mol. The van der Waals surface area contributed by atoms with Gasteiger partial charge in [-0.3, -0.25) is 14.5 Å². The van der Waals surface area contributed by atoms with Gasteiger partial charge in [0.25, 0.3) is 11.7 Å². The van der Waals surface area contributed by atoms with Crippen molar-refractivity contribution in [1.82, 2.24) is 0 Å². The fourth-order valence-electron chi connectivity index (χ4n) is 4.77.